The average molecular weight is 334 g/mol. The number of ether oxygens (including phenoxy) is 1. The molecule has 0 saturated carbocycles. The third kappa shape index (κ3) is 5.88. The van der Waals surface area contributed by atoms with Crippen molar-refractivity contribution in [2.45, 2.75) is 13.0 Å². The van der Waals surface area contributed by atoms with E-state index in [4.69, 9.17) is 22.1 Å². The second kappa shape index (κ2) is 8.50. The first-order valence-corrected chi connectivity index (χ1v) is 7.70. The Hall–Kier alpha value is -2.11. The number of primary amides is 1. The zero-order valence-electron chi connectivity index (χ0n) is 13.0. The molecular formula is C17H20ClN3O2. The van der Waals surface area contributed by atoms with E-state index in [1.807, 2.05) is 37.4 Å². The Morgan fingerprint density at radius 3 is 2.83 bits per heavy atom. The van der Waals surface area contributed by atoms with Crippen molar-refractivity contribution in [1.82, 2.24) is 9.88 Å². The van der Waals surface area contributed by atoms with E-state index in [1.165, 1.54) is 0 Å². The normalized spacial score (nSPS) is 10.7. The maximum absolute atomic E-state index is 10.7. The van der Waals surface area contributed by atoms with Gasteiger partial charge in [0.15, 0.2) is 6.61 Å². The van der Waals surface area contributed by atoms with E-state index in [0.29, 0.717) is 10.8 Å². The van der Waals surface area contributed by atoms with Crippen molar-refractivity contribution in [2.75, 3.05) is 20.2 Å². The van der Waals surface area contributed by atoms with Gasteiger partial charge in [-0.05, 0) is 36.9 Å². The highest BCUT2D eigenvalue weighted by Crippen LogP contribution is 2.25. The Kier molecular flexibility index (Phi) is 6.38. The second-order valence-electron chi connectivity index (χ2n) is 5.33. The van der Waals surface area contributed by atoms with Gasteiger partial charge in [-0.2, -0.15) is 0 Å². The topological polar surface area (TPSA) is 68.5 Å². The van der Waals surface area contributed by atoms with Crippen molar-refractivity contribution in [1.29, 1.82) is 0 Å². The minimum absolute atomic E-state index is 0.178. The van der Waals surface area contributed by atoms with E-state index in [1.54, 1.807) is 12.3 Å². The van der Waals surface area contributed by atoms with Crippen LogP contribution in [0.3, 0.4) is 0 Å². The first kappa shape index (κ1) is 17.2. The number of carbonyl (C=O) groups is 1. The van der Waals surface area contributed by atoms with Gasteiger partial charge < -0.3 is 15.4 Å². The minimum Gasteiger partial charge on any atom is -0.482 e. The van der Waals surface area contributed by atoms with Gasteiger partial charge in [-0.3, -0.25) is 9.78 Å². The summed E-state index contributed by atoms with van der Waals surface area (Å²) < 4.78 is 5.24. The van der Waals surface area contributed by atoms with E-state index in [9.17, 15) is 4.79 Å². The van der Waals surface area contributed by atoms with Crippen LogP contribution < -0.4 is 10.5 Å². The summed E-state index contributed by atoms with van der Waals surface area (Å²) in [6.07, 6.45) is 2.70. The van der Waals surface area contributed by atoms with Gasteiger partial charge in [-0.25, -0.2) is 0 Å². The number of amides is 1. The first-order valence-electron chi connectivity index (χ1n) is 7.32. The van der Waals surface area contributed by atoms with Crippen LogP contribution in [0.25, 0.3) is 0 Å². The smallest absolute Gasteiger partial charge is 0.255 e. The highest BCUT2D eigenvalue weighted by Gasteiger charge is 2.07. The largest absolute Gasteiger partial charge is 0.482 e. The number of aromatic nitrogens is 1. The van der Waals surface area contributed by atoms with E-state index in [0.717, 1.165) is 30.8 Å². The maximum Gasteiger partial charge on any atom is 0.255 e. The van der Waals surface area contributed by atoms with E-state index in [2.05, 4.69) is 9.88 Å². The molecule has 0 saturated heterocycles. The molecule has 0 aliphatic carbocycles. The summed E-state index contributed by atoms with van der Waals surface area (Å²) in [5.74, 6) is -0.0650. The summed E-state index contributed by atoms with van der Waals surface area (Å²) in [5.41, 5.74) is 7.20. The van der Waals surface area contributed by atoms with Gasteiger partial charge in [0, 0.05) is 31.4 Å². The Labute approximate surface area is 141 Å². The number of likely N-dealkylation sites (N-methyl/N-ethyl adjacent to an activating group) is 1. The summed E-state index contributed by atoms with van der Waals surface area (Å²) in [5, 5.41) is 0.474. The number of pyridine rings is 1. The van der Waals surface area contributed by atoms with Crippen LogP contribution in [-0.2, 0) is 17.8 Å². The molecule has 122 valence electrons. The standard InChI is InChI=1S/C17H20ClN3O2/c1-21(9-7-14-4-2-3-8-20-14)11-13-5-6-16(15(18)10-13)23-12-17(19)22/h2-6,8,10H,7,9,11-12H2,1H3,(H2,19,22). The molecule has 1 amide bonds. The van der Waals surface area contributed by atoms with Crippen LogP contribution in [0.2, 0.25) is 5.02 Å². The van der Waals surface area contributed by atoms with Gasteiger partial charge in [-0.1, -0.05) is 23.7 Å². The molecule has 0 unspecified atom stereocenters. The molecule has 2 N–H and O–H groups in total. The molecule has 2 aromatic rings. The molecule has 0 fully saturated rings. The summed E-state index contributed by atoms with van der Waals surface area (Å²) >= 11 is 6.16. The lowest BCUT2D eigenvalue weighted by Gasteiger charge is -2.17. The van der Waals surface area contributed by atoms with Crippen LogP contribution >= 0.6 is 11.6 Å². The minimum atomic E-state index is -0.528. The van der Waals surface area contributed by atoms with Crippen molar-refractivity contribution in [3.63, 3.8) is 0 Å². The molecule has 0 aliphatic heterocycles. The number of rotatable bonds is 8. The van der Waals surface area contributed by atoms with Crippen molar-refractivity contribution < 1.29 is 9.53 Å². The molecule has 23 heavy (non-hydrogen) atoms. The van der Waals surface area contributed by atoms with E-state index in [-0.39, 0.29) is 6.61 Å². The SMILES string of the molecule is CN(CCc1ccccn1)Cc1ccc(OCC(N)=O)c(Cl)c1. The Balaban J connectivity index is 1.87. The van der Waals surface area contributed by atoms with Crippen LogP contribution in [0, 0.1) is 0 Å². The second-order valence-corrected chi connectivity index (χ2v) is 5.74. The lowest BCUT2D eigenvalue weighted by Crippen LogP contribution is -2.21. The summed E-state index contributed by atoms with van der Waals surface area (Å²) in [4.78, 5) is 17.2. The molecule has 2 rings (SSSR count). The van der Waals surface area contributed by atoms with Crippen molar-refractivity contribution in [2.24, 2.45) is 5.73 Å². The maximum atomic E-state index is 10.7. The first-order chi connectivity index (χ1) is 11.0. The van der Waals surface area contributed by atoms with Gasteiger partial charge in [0.25, 0.3) is 5.91 Å². The Morgan fingerprint density at radius 2 is 2.17 bits per heavy atom. The summed E-state index contributed by atoms with van der Waals surface area (Å²) in [6, 6.07) is 11.5. The fourth-order valence-electron chi connectivity index (χ4n) is 2.15. The predicted molar refractivity (Wildman–Crippen MR) is 90.4 cm³/mol. The highest BCUT2D eigenvalue weighted by molar-refractivity contribution is 6.32. The molecule has 1 aromatic carbocycles. The third-order valence-electron chi connectivity index (χ3n) is 3.29. The van der Waals surface area contributed by atoms with Gasteiger partial charge >= 0.3 is 0 Å². The zero-order valence-corrected chi connectivity index (χ0v) is 13.8. The lowest BCUT2D eigenvalue weighted by atomic mass is 10.2. The molecule has 0 spiro atoms. The number of carbonyl (C=O) groups excluding carboxylic acids is 1. The quantitative estimate of drug-likeness (QED) is 0.804. The molecule has 5 nitrogen and oxygen atoms in total. The Bertz CT molecular complexity index is 650. The number of nitrogens with two attached hydrogens (primary N) is 1. The van der Waals surface area contributed by atoms with Crippen LogP contribution in [0.1, 0.15) is 11.3 Å². The molecule has 0 atom stereocenters. The lowest BCUT2D eigenvalue weighted by molar-refractivity contribution is -0.119. The van der Waals surface area contributed by atoms with Crippen molar-refractivity contribution in [3.8, 4) is 5.75 Å². The number of halogens is 1. The monoisotopic (exact) mass is 333 g/mol. The van der Waals surface area contributed by atoms with Crippen LogP contribution in [0.15, 0.2) is 42.6 Å². The number of nitrogens with zero attached hydrogens (tertiary/aromatic N) is 2. The van der Waals surface area contributed by atoms with Crippen LogP contribution in [0.5, 0.6) is 5.75 Å². The number of hydrogen-bond donors (Lipinski definition) is 1. The molecule has 1 aromatic heterocycles. The Morgan fingerprint density at radius 1 is 1.35 bits per heavy atom. The summed E-state index contributed by atoms with van der Waals surface area (Å²) in [6.45, 7) is 1.49. The van der Waals surface area contributed by atoms with Crippen LogP contribution in [0.4, 0.5) is 0 Å². The van der Waals surface area contributed by atoms with Crippen molar-refractivity contribution >= 4 is 17.5 Å². The van der Waals surface area contributed by atoms with Gasteiger partial charge in [0.05, 0.1) is 5.02 Å². The van der Waals surface area contributed by atoms with Crippen LogP contribution in [-0.4, -0.2) is 36.0 Å². The molecular weight excluding hydrogens is 314 g/mol. The van der Waals surface area contributed by atoms with E-state index < -0.39 is 5.91 Å². The van der Waals surface area contributed by atoms with Crippen molar-refractivity contribution in [3.05, 3.63) is 58.9 Å². The number of benzene rings is 1. The highest BCUT2D eigenvalue weighted by atomic mass is 35.5. The van der Waals surface area contributed by atoms with Gasteiger partial charge in [-0.15, -0.1) is 0 Å². The fourth-order valence-corrected chi connectivity index (χ4v) is 2.41. The fraction of sp³-hybridized carbons (Fsp3) is 0.294. The van der Waals surface area contributed by atoms with E-state index >= 15 is 0 Å². The molecule has 6 heteroatoms. The average Bonchev–Trinajstić information content (AvgIpc) is 2.53. The predicted octanol–water partition coefficient (Wildman–Crippen LogP) is 2.27. The van der Waals surface area contributed by atoms with Gasteiger partial charge in [0.2, 0.25) is 0 Å². The van der Waals surface area contributed by atoms with Gasteiger partial charge in [0.1, 0.15) is 5.75 Å². The zero-order chi connectivity index (χ0) is 16.7. The third-order valence-corrected chi connectivity index (χ3v) is 3.59. The molecule has 0 radical (unpaired) electrons. The molecule has 1 heterocycles. The summed E-state index contributed by atoms with van der Waals surface area (Å²) in [7, 11) is 2.05. The molecule has 0 aliphatic rings. The number of hydrogen-bond acceptors (Lipinski definition) is 4. The molecule has 0 bridgehead atoms.